The van der Waals surface area contributed by atoms with Gasteiger partial charge in [0, 0.05) is 11.8 Å². The zero-order chi connectivity index (χ0) is 12.3. The lowest BCUT2D eigenvalue weighted by Crippen LogP contribution is -1.95. The summed E-state index contributed by atoms with van der Waals surface area (Å²) in [7, 11) is 0. The number of anilines is 1. The second kappa shape index (κ2) is 4.83. The number of hydrogen-bond acceptors (Lipinski definition) is 2. The third kappa shape index (κ3) is 2.21. The Hall–Kier alpha value is -2.09. The Morgan fingerprint density at radius 1 is 1.24 bits per heavy atom. The molecule has 0 unspecified atom stereocenters. The van der Waals surface area contributed by atoms with Crippen LogP contribution in [0.2, 0.25) is 0 Å². The highest BCUT2D eigenvalue weighted by Gasteiger charge is 2.06. The van der Waals surface area contributed by atoms with Gasteiger partial charge in [0.25, 0.3) is 0 Å². The van der Waals surface area contributed by atoms with Crippen molar-refractivity contribution in [2.75, 3.05) is 5.73 Å². The highest BCUT2D eigenvalue weighted by Crippen LogP contribution is 2.27. The Bertz CT molecular complexity index is 527. The quantitative estimate of drug-likeness (QED) is 0.866. The number of rotatable bonds is 3. The molecule has 0 saturated heterocycles. The molecule has 2 aromatic rings. The van der Waals surface area contributed by atoms with Crippen LogP contribution in [-0.2, 0) is 6.42 Å². The fourth-order valence-electron chi connectivity index (χ4n) is 1.88. The van der Waals surface area contributed by atoms with Crippen molar-refractivity contribution in [1.82, 2.24) is 4.98 Å². The molecule has 0 bridgehead atoms. The number of aryl methyl sites for hydroxylation is 1. The lowest BCUT2D eigenvalue weighted by Gasteiger charge is -2.08. The largest absolute Gasteiger partial charge is 0.383 e. The molecule has 1 aromatic heterocycles. The molecule has 0 spiro atoms. The molecule has 2 rings (SSSR count). The SMILES string of the molecule is C=Cc1c(-c2ccc(CC)cc2)ccnc1N. The highest BCUT2D eigenvalue weighted by atomic mass is 14.8. The molecule has 0 aliphatic heterocycles. The fourth-order valence-corrected chi connectivity index (χ4v) is 1.88. The van der Waals surface area contributed by atoms with Gasteiger partial charge < -0.3 is 5.73 Å². The molecule has 17 heavy (non-hydrogen) atoms. The van der Waals surface area contributed by atoms with Crippen LogP contribution in [0.15, 0.2) is 43.1 Å². The van der Waals surface area contributed by atoms with Gasteiger partial charge in [-0.2, -0.15) is 0 Å². The third-order valence-electron chi connectivity index (χ3n) is 2.90. The Labute approximate surface area is 102 Å². The van der Waals surface area contributed by atoms with E-state index < -0.39 is 0 Å². The van der Waals surface area contributed by atoms with Gasteiger partial charge in [-0.15, -0.1) is 0 Å². The summed E-state index contributed by atoms with van der Waals surface area (Å²) in [6.07, 6.45) is 4.53. The Morgan fingerprint density at radius 2 is 1.94 bits per heavy atom. The maximum absolute atomic E-state index is 5.84. The lowest BCUT2D eigenvalue weighted by molar-refractivity contribution is 1.14. The summed E-state index contributed by atoms with van der Waals surface area (Å²) in [4.78, 5) is 4.08. The summed E-state index contributed by atoms with van der Waals surface area (Å²) in [6, 6.07) is 10.5. The minimum absolute atomic E-state index is 0.525. The van der Waals surface area contributed by atoms with Crippen molar-refractivity contribution in [3.8, 4) is 11.1 Å². The van der Waals surface area contributed by atoms with Crippen LogP contribution in [0.4, 0.5) is 5.82 Å². The molecule has 0 fully saturated rings. The van der Waals surface area contributed by atoms with Crippen molar-refractivity contribution in [2.24, 2.45) is 0 Å². The molecule has 2 nitrogen and oxygen atoms in total. The molecule has 0 saturated carbocycles. The van der Waals surface area contributed by atoms with Crippen molar-refractivity contribution in [3.63, 3.8) is 0 Å². The van der Waals surface area contributed by atoms with Crippen molar-refractivity contribution in [2.45, 2.75) is 13.3 Å². The van der Waals surface area contributed by atoms with Crippen LogP contribution in [0.1, 0.15) is 18.1 Å². The predicted molar refractivity (Wildman–Crippen MR) is 73.6 cm³/mol. The van der Waals surface area contributed by atoms with Gasteiger partial charge in [0.05, 0.1) is 0 Å². The van der Waals surface area contributed by atoms with E-state index in [0.29, 0.717) is 5.82 Å². The van der Waals surface area contributed by atoms with Gasteiger partial charge in [-0.25, -0.2) is 4.98 Å². The van der Waals surface area contributed by atoms with Gasteiger partial charge >= 0.3 is 0 Å². The minimum atomic E-state index is 0.525. The standard InChI is InChI=1S/C15H16N2/c1-3-11-5-7-12(8-6-11)14-9-10-17-15(16)13(14)4-2/h4-10H,2-3H2,1H3,(H2,16,17). The van der Waals surface area contributed by atoms with Gasteiger partial charge in [0.2, 0.25) is 0 Å². The summed E-state index contributed by atoms with van der Waals surface area (Å²) in [5.74, 6) is 0.525. The van der Waals surface area contributed by atoms with Gasteiger partial charge in [0.15, 0.2) is 0 Å². The molecule has 86 valence electrons. The van der Waals surface area contributed by atoms with Crippen LogP contribution >= 0.6 is 0 Å². The van der Waals surface area contributed by atoms with Crippen LogP contribution in [-0.4, -0.2) is 4.98 Å². The van der Waals surface area contributed by atoms with E-state index in [-0.39, 0.29) is 0 Å². The summed E-state index contributed by atoms with van der Waals surface area (Å²) < 4.78 is 0. The zero-order valence-corrected chi connectivity index (χ0v) is 9.98. The number of pyridine rings is 1. The first-order valence-corrected chi connectivity index (χ1v) is 5.72. The van der Waals surface area contributed by atoms with E-state index in [1.165, 1.54) is 5.56 Å². The predicted octanol–water partition coefficient (Wildman–Crippen LogP) is 3.54. The first-order chi connectivity index (χ1) is 8.26. The molecule has 2 heteroatoms. The summed E-state index contributed by atoms with van der Waals surface area (Å²) >= 11 is 0. The van der Waals surface area contributed by atoms with Crippen molar-refractivity contribution in [1.29, 1.82) is 0 Å². The number of aromatic nitrogens is 1. The molecular weight excluding hydrogens is 208 g/mol. The molecule has 0 atom stereocenters. The number of benzene rings is 1. The summed E-state index contributed by atoms with van der Waals surface area (Å²) in [5.41, 5.74) is 10.3. The average Bonchev–Trinajstić information content (AvgIpc) is 2.38. The molecule has 2 N–H and O–H groups in total. The monoisotopic (exact) mass is 224 g/mol. The molecular formula is C15H16N2. The van der Waals surface area contributed by atoms with Crippen LogP contribution in [0, 0.1) is 0 Å². The first kappa shape index (κ1) is 11.4. The second-order valence-electron chi connectivity index (χ2n) is 3.91. The van der Waals surface area contributed by atoms with Crippen LogP contribution in [0.5, 0.6) is 0 Å². The molecule has 0 amide bonds. The first-order valence-electron chi connectivity index (χ1n) is 5.72. The van der Waals surface area contributed by atoms with Crippen molar-refractivity contribution < 1.29 is 0 Å². The number of nitrogens with zero attached hydrogens (tertiary/aromatic N) is 1. The Balaban J connectivity index is 2.52. The topological polar surface area (TPSA) is 38.9 Å². The third-order valence-corrected chi connectivity index (χ3v) is 2.90. The van der Waals surface area contributed by atoms with E-state index in [2.05, 4.69) is 42.8 Å². The average molecular weight is 224 g/mol. The van der Waals surface area contributed by atoms with Crippen LogP contribution in [0.25, 0.3) is 17.2 Å². The van der Waals surface area contributed by atoms with Gasteiger partial charge in [0.1, 0.15) is 5.82 Å². The molecule has 1 heterocycles. The van der Waals surface area contributed by atoms with Gasteiger partial charge in [-0.1, -0.05) is 43.8 Å². The van der Waals surface area contributed by atoms with Crippen molar-refractivity contribution >= 4 is 11.9 Å². The minimum Gasteiger partial charge on any atom is -0.383 e. The Morgan fingerprint density at radius 3 is 2.53 bits per heavy atom. The van der Waals surface area contributed by atoms with E-state index in [1.807, 2.05) is 6.07 Å². The van der Waals surface area contributed by atoms with E-state index >= 15 is 0 Å². The molecule has 0 aliphatic rings. The second-order valence-corrected chi connectivity index (χ2v) is 3.91. The van der Waals surface area contributed by atoms with Crippen molar-refractivity contribution in [3.05, 3.63) is 54.2 Å². The smallest absolute Gasteiger partial charge is 0.131 e. The fraction of sp³-hybridized carbons (Fsp3) is 0.133. The van der Waals surface area contributed by atoms with Crippen LogP contribution in [0.3, 0.4) is 0 Å². The van der Waals surface area contributed by atoms with Crippen LogP contribution < -0.4 is 5.73 Å². The van der Waals surface area contributed by atoms with E-state index in [0.717, 1.165) is 23.1 Å². The normalized spacial score (nSPS) is 10.2. The summed E-state index contributed by atoms with van der Waals surface area (Å²) in [5, 5.41) is 0. The number of nitrogens with two attached hydrogens (primary N) is 1. The van der Waals surface area contributed by atoms with E-state index in [9.17, 15) is 0 Å². The maximum atomic E-state index is 5.84. The molecule has 0 radical (unpaired) electrons. The Kier molecular flexibility index (Phi) is 3.24. The molecule has 1 aromatic carbocycles. The highest BCUT2D eigenvalue weighted by molar-refractivity contribution is 5.79. The maximum Gasteiger partial charge on any atom is 0.131 e. The van der Waals surface area contributed by atoms with Gasteiger partial charge in [-0.05, 0) is 29.2 Å². The number of hydrogen-bond donors (Lipinski definition) is 1. The zero-order valence-electron chi connectivity index (χ0n) is 9.98. The van der Waals surface area contributed by atoms with E-state index in [1.54, 1.807) is 12.3 Å². The number of nitrogen functional groups attached to an aromatic ring is 1. The lowest BCUT2D eigenvalue weighted by atomic mass is 9.99. The molecule has 0 aliphatic carbocycles. The van der Waals surface area contributed by atoms with E-state index in [4.69, 9.17) is 5.73 Å². The van der Waals surface area contributed by atoms with Gasteiger partial charge in [-0.3, -0.25) is 0 Å². The summed E-state index contributed by atoms with van der Waals surface area (Å²) in [6.45, 7) is 5.94.